The molecule has 6 nitrogen and oxygen atoms in total. The van der Waals surface area contributed by atoms with E-state index in [-0.39, 0.29) is 11.6 Å². The second-order valence-corrected chi connectivity index (χ2v) is 7.63. The molecule has 2 rings (SSSR count). The molecule has 1 aromatic carbocycles. The van der Waals surface area contributed by atoms with Crippen LogP contribution in [-0.2, 0) is 9.59 Å². The molecule has 0 saturated heterocycles. The van der Waals surface area contributed by atoms with Crippen molar-refractivity contribution in [2.24, 2.45) is 0 Å². The van der Waals surface area contributed by atoms with E-state index in [1.54, 1.807) is 12.1 Å². The molecule has 1 atom stereocenters. The maximum atomic E-state index is 13.6. The van der Waals surface area contributed by atoms with E-state index < -0.39 is 23.7 Å². The van der Waals surface area contributed by atoms with Gasteiger partial charge in [-0.2, -0.15) is 0 Å². The molecule has 0 spiro atoms. The third kappa shape index (κ3) is 5.36. The normalized spacial score (nSPS) is 11.5. The van der Waals surface area contributed by atoms with E-state index in [4.69, 9.17) is 0 Å². The summed E-state index contributed by atoms with van der Waals surface area (Å²) >= 11 is 4.52. The molecule has 0 saturated carbocycles. The minimum Gasteiger partial charge on any atom is -0.340 e. The zero-order valence-corrected chi connectivity index (χ0v) is 15.8. The maximum Gasteiger partial charge on any atom is 0.262 e. The lowest BCUT2D eigenvalue weighted by molar-refractivity contribution is -0.117. The first-order chi connectivity index (χ1) is 11.8. The summed E-state index contributed by atoms with van der Waals surface area (Å²) in [6.45, 7) is 2.79. The third-order valence-corrected chi connectivity index (χ3v) is 4.70. The Kier molecular flexibility index (Phi) is 6.27. The lowest BCUT2D eigenvalue weighted by atomic mass is 10.2. The molecule has 2 aromatic rings. The Balaban J connectivity index is 2.01. The Morgan fingerprint density at radius 2 is 1.88 bits per heavy atom. The first-order valence-electron chi connectivity index (χ1n) is 7.20. The first kappa shape index (κ1) is 19.1. The van der Waals surface area contributed by atoms with Gasteiger partial charge in [0, 0.05) is 12.6 Å². The number of carbonyl (C=O) groups is 3. The van der Waals surface area contributed by atoms with Crippen molar-refractivity contribution in [1.29, 1.82) is 0 Å². The van der Waals surface area contributed by atoms with Crippen molar-refractivity contribution in [3.05, 3.63) is 44.8 Å². The van der Waals surface area contributed by atoms with Crippen LogP contribution in [0.15, 0.2) is 34.1 Å². The van der Waals surface area contributed by atoms with Gasteiger partial charge in [0.2, 0.25) is 11.8 Å². The molecular formula is C16H15BrFN3O3S. The van der Waals surface area contributed by atoms with Crippen LogP contribution in [0.3, 0.4) is 0 Å². The molecule has 1 heterocycles. The fourth-order valence-electron chi connectivity index (χ4n) is 1.91. The summed E-state index contributed by atoms with van der Waals surface area (Å²) in [6.07, 6.45) is 0. The van der Waals surface area contributed by atoms with Crippen molar-refractivity contribution >= 4 is 56.4 Å². The number of hydrogen-bond donors (Lipinski definition) is 3. The smallest absolute Gasteiger partial charge is 0.262 e. The van der Waals surface area contributed by atoms with Crippen LogP contribution in [-0.4, -0.2) is 23.8 Å². The molecule has 0 aliphatic rings. The Morgan fingerprint density at radius 3 is 2.48 bits per heavy atom. The van der Waals surface area contributed by atoms with Gasteiger partial charge in [0.1, 0.15) is 11.9 Å². The van der Waals surface area contributed by atoms with Gasteiger partial charge in [0.15, 0.2) is 0 Å². The zero-order chi connectivity index (χ0) is 18.6. The lowest BCUT2D eigenvalue weighted by Gasteiger charge is -2.14. The minimum atomic E-state index is -0.803. The second-order valence-electron chi connectivity index (χ2n) is 5.16. The van der Waals surface area contributed by atoms with Gasteiger partial charge in [0.05, 0.1) is 14.4 Å². The van der Waals surface area contributed by atoms with Gasteiger partial charge >= 0.3 is 0 Å². The van der Waals surface area contributed by atoms with E-state index in [9.17, 15) is 18.8 Å². The molecule has 9 heteroatoms. The van der Waals surface area contributed by atoms with Crippen molar-refractivity contribution in [3.8, 4) is 0 Å². The summed E-state index contributed by atoms with van der Waals surface area (Å²) in [5.41, 5.74) is 0.264. The molecule has 3 amide bonds. The van der Waals surface area contributed by atoms with Crippen LogP contribution < -0.4 is 16.0 Å². The molecule has 132 valence electrons. The Bertz CT molecular complexity index is 825. The van der Waals surface area contributed by atoms with Crippen molar-refractivity contribution in [3.63, 3.8) is 0 Å². The molecule has 0 fully saturated rings. The molecule has 0 aliphatic heterocycles. The van der Waals surface area contributed by atoms with E-state index in [1.807, 2.05) is 0 Å². The van der Waals surface area contributed by atoms with E-state index >= 15 is 0 Å². The van der Waals surface area contributed by atoms with Crippen LogP contribution in [0.2, 0.25) is 0 Å². The van der Waals surface area contributed by atoms with Crippen molar-refractivity contribution in [2.75, 3.05) is 10.6 Å². The number of anilines is 2. The Labute approximate surface area is 155 Å². The fourth-order valence-corrected chi connectivity index (χ4v) is 3.20. The van der Waals surface area contributed by atoms with E-state index in [0.29, 0.717) is 10.6 Å². The average molecular weight is 428 g/mol. The maximum absolute atomic E-state index is 13.6. The number of amides is 3. The quantitative estimate of drug-likeness (QED) is 0.683. The number of carbonyl (C=O) groups excluding carboxylic acids is 3. The van der Waals surface area contributed by atoms with Crippen molar-refractivity contribution in [2.45, 2.75) is 19.9 Å². The highest BCUT2D eigenvalue weighted by molar-refractivity contribution is 9.11. The molecular weight excluding hydrogens is 413 g/mol. The summed E-state index contributed by atoms with van der Waals surface area (Å²) in [6, 6.07) is 6.39. The molecule has 1 unspecified atom stereocenters. The minimum absolute atomic E-state index is 0.0366. The number of thiophene rings is 1. The van der Waals surface area contributed by atoms with Gasteiger partial charge in [-0.05, 0) is 53.2 Å². The van der Waals surface area contributed by atoms with Crippen LogP contribution in [0.4, 0.5) is 15.8 Å². The van der Waals surface area contributed by atoms with Crippen LogP contribution in [0.25, 0.3) is 0 Å². The van der Waals surface area contributed by atoms with Crippen LogP contribution in [0.5, 0.6) is 0 Å². The van der Waals surface area contributed by atoms with Gasteiger partial charge in [-0.1, -0.05) is 0 Å². The van der Waals surface area contributed by atoms with Crippen molar-refractivity contribution in [1.82, 2.24) is 5.32 Å². The van der Waals surface area contributed by atoms with Crippen molar-refractivity contribution < 1.29 is 18.8 Å². The zero-order valence-electron chi connectivity index (χ0n) is 13.4. The monoisotopic (exact) mass is 427 g/mol. The highest BCUT2D eigenvalue weighted by atomic mass is 79.9. The van der Waals surface area contributed by atoms with E-state index in [2.05, 4.69) is 31.9 Å². The molecule has 25 heavy (non-hydrogen) atoms. The van der Waals surface area contributed by atoms with Gasteiger partial charge in [-0.15, -0.1) is 11.3 Å². The molecule has 0 aliphatic carbocycles. The summed E-state index contributed by atoms with van der Waals surface area (Å²) in [5, 5.41) is 7.48. The number of halogens is 2. The summed E-state index contributed by atoms with van der Waals surface area (Å²) in [5.74, 6) is -1.87. The predicted octanol–water partition coefficient (Wildman–Crippen LogP) is 3.37. The van der Waals surface area contributed by atoms with Gasteiger partial charge < -0.3 is 16.0 Å². The molecule has 1 aromatic heterocycles. The standard InChI is InChI=1S/C16H15BrFN3O3S/c1-8(19-16(24)13-5-6-14(17)25-13)15(23)21-10-3-4-11(18)12(7-10)20-9(2)22/h3-8H,1-2H3,(H,19,24)(H,20,22)(H,21,23). The highest BCUT2D eigenvalue weighted by Gasteiger charge is 2.18. The molecule has 3 N–H and O–H groups in total. The number of hydrogen-bond acceptors (Lipinski definition) is 4. The SMILES string of the molecule is CC(=O)Nc1cc(NC(=O)C(C)NC(=O)c2ccc(Br)s2)ccc1F. The largest absolute Gasteiger partial charge is 0.340 e. The highest BCUT2D eigenvalue weighted by Crippen LogP contribution is 2.22. The summed E-state index contributed by atoms with van der Waals surface area (Å²) in [4.78, 5) is 35.8. The third-order valence-electron chi connectivity index (χ3n) is 3.08. The van der Waals surface area contributed by atoms with Gasteiger partial charge in [-0.3, -0.25) is 14.4 Å². The van der Waals surface area contributed by atoms with E-state index in [0.717, 1.165) is 9.85 Å². The van der Waals surface area contributed by atoms with Crippen LogP contribution in [0, 0.1) is 5.82 Å². The molecule has 0 bridgehead atoms. The van der Waals surface area contributed by atoms with Crippen LogP contribution >= 0.6 is 27.3 Å². The van der Waals surface area contributed by atoms with Gasteiger partial charge in [0.25, 0.3) is 5.91 Å². The van der Waals surface area contributed by atoms with Crippen LogP contribution in [0.1, 0.15) is 23.5 Å². The predicted molar refractivity (Wildman–Crippen MR) is 98.3 cm³/mol. The Morgan fingerprint density at radius 1 is 1.16 bits per heavy atom. The van der Waals surface area contributed by atoms with E-state index in [1.165, 1.54) is 37.3 Å². The summed E-state index contributed by atoms with van der Waals surface area (Å²) in [7, 11) is 0. The topological polar surface area (TPSA) is 87.3 Å². The summed E-state index contributed by atoms with van der Waals surface area (Å²) < 4.78 is 14.4. The number of nitrogens with one attached hydrogen (secondary N) is 3. The second kappa shape index (κ2) is 8.21. The number of rotatable bonds is 5. The average Bonchev–Trinajstić information content (AvgIpc) is 2.96. The lowest BCUT2D eigenvalue weighted by Crippen LogP contribution is -2.41. The number of benzene rings is 1. The molecule has 0 radical (unpaired) electrons. The first-order valence-corrected chi connectivity index (χ1v) is 8.81. The fraction of sp³-hybridized carbons (Fsp3) is 0.188. The van der Waals surface area contributed by atoms with Gasteiger partial charge in [-0.25, -0.2) is 4.39 Å². The Hall–Kier alpha value is -2.26.